The molecule has 7 heteroatoms. The lowest BCUT2D eigenvalue weighted by molar-refractivity contribution is -0.136. The molecule has 3 N–H and O–H groups in total. The van der Waals surface area contributed by atoms with Crippen LogP contribution >= 0.6 is 0 Å². The average Bonchev–Trinajstić information content (AvgIpc) is 2.01. The van der Waals surface area contributed by atoms with Gasteiger partial charge in [0.15, 0.2) is 0 Å². The smallest absolute Gasteiger partial charge is 0.330 e. The standard InChI is InChI=1S/C7H9N3O4/c8-4(11)1-2-10-6(13)3-5(12)9-7(10)14/h1-3H2,(H2,8,11)(H,9,12,14). The molecule has 0 aromatic heterocycles. The van der Waals surface area contributed by atoms with Crippen molar-refractivity contribution >= 4 is 23.8 Å². The van der Waals surface area contributed by atoms with Gasteiger partial charge in [0.2, 0.25) is 17.7 Å². The molecule has 0 aromatic carbocycles. The molecule has 0 aromatic rings. The molecular weight excluding hydrogens is 190 g/mol. The van der Waals surface area contributed by atoms with E-state index in [-0.39, 0.29) is 19.4 Å². The van der Waals surface area contributed by atoms with Crippen LogP contribution in [0.2, 0.25) is 0 Å². The third-order valence-electron chi connectivity index (χ3n) is 1.69. The molecule has 1 saturated heterocycles. The molecular formula is C7H9N3O4. The van der Waals surface area contributed by atoms with E-state index >= 15 is 0 Å². The van der Waals surface area contributed by atoms with Crippen molar-refractivity contribution in [2.75, 3.05) is 6.54 Å². The Labute approximate surface area is 79.2 Å². The molecule has 0 spiro atoms. The van der Waals surface area contributed by atoms with Crippen LogP contribution in [0, 0.1) is 0 Å². The summed E-state index contributed by atoms with van der Waals surface area (Å²) >= 11 is 0. The highest BCUT2D eigenvalue weighted by molar-refractivity contribution is 6.14. The number of imide groups is 2. The van der Waals surface area contributed by atoms with Crippen LogP contribution in [0.3, 0.4) is 0 Å². The van der Waals surface area contributed by atoms with Gasteiger partial charge in [-0.05, 0) is 0 Å². The zero-order valence-corrected chi connectivity index (χ0v) is 7.28. The van der Waals surface area contributed by atoms with Gasteiger partial charge < -0.3 is 5.73 Å². The van der Waals surface area contributed by atoms with Crippen molar-refractivity contribution in [3.05, 3.63) is 0 Å². The lowest BCUT2D eigenvalue weighted by atomic mass is 10.2. The van der Waals surface area contributed by atoms with Crippen LogP contribution in [0.25, 0.3) is 0 Å². The Hall–Kier alpha value is -1.92. The van der Waals surface area contributed by atoms with Gasteiger partial charge in [-0.2, -0.15) is 0 Å². The van der Waals surface area contributed by atoms with Crippen LogP contribution in [0.5, 0.6) is 0 Å². The van der Waals surface area contributed by atoms with E-state index in [2.05, 4.69) is 0 Å². The van der Waals surface area contributed by atoms with Crippen molar-refractivity contribution in [3.8, 4) is 0 Å². The summed E-state index contributed by atoms with van der Waals surface area (Å²) in [7, 11) is 0. The molecule has 0 saturated carbocycles. The lowest BCUT2D eigenvalue weighted by Gasteiger charge is -2.23. The average molecular weight is 199 g/mol. The first-order valence-corrected chi connectivity index (χ1v) is 3.93. The number of nitrogens with zero attached hydrogens (tertiary/aromatic N) is 1. The number of amides is 5. The number of rotatable bonds is 3. The predicted molar refractivity (Wildman–Crippen MR) is 43.7 cm³/mol. The molecule has 0 atom stereocenters. The van der Waals surface area contributed by atoms with Crippen molar-refractivity contribution in [2.45, 2.75) is 12.8 Å². The first-order valence-electron chi connectivity index (χ1n) is 3.93. The summed E-state index contributed by atoms with van der Waals surface area (Å²) in [5, 5.41) is 1.96. The molecule has 0 unspecified atom stereocenters. The number of hydrogen-bond acceptors (Lipinski definition) is 4. The highest BCUT2D eigenvalue weighted by Gasteiger charge is 2.30. The summed E-state index contributed by atoms with van der Waals surface area (Å²) < 4.78 is 0. The van der Waals surface area contributed by atoms with Crippen LogP contribution in [-0.2, 0) is 14.4 Å². The van der Waals surface area contributed by atoms with E-state index in [1.807, 2.05) is 5.32 Å². The highest BCUT2D eigenvalue weighted by atomic mass is 16.2. The zero-order chi connectivity index (χ0) is 10.7. The molecule has 7 nitrogen and oxygen atoms in total. The molecule has 1 fully saturated rings. The maximum atomic E-state index is 11.1. The summed E-state index contributed by atoms with van der Waals surface area (Å²) in [5.41, 5.74) is 4.85. The molecule has 76 valence electrons. The van der Waals surface area contributed by atoms with Crippen molar-refractivity contribution in [2.24, 2.45) is 5.73 Å². The van der Waals surface area contributed by atoms with Crippen molar-refractivity contribution < 1.29 is 19.2 Å². The first kappa shape index (κ1) is 10.2. The molecule has 5 amide bonds. The molecule has 1 rings (SSSR count). The summed E-state index contributed by atoms with van der Waals surface area (Å²) in [5.74, 6) is -1.85. The van der Waals surface area contributed by atoms with E-state index in [1.165, 1.54) is 0 Å². The Bertz CT molecular complexity index is 292. The summed E-state index contributed by atoms with van der Waals surface area (Å²) in [4.78, 5) is 44.1. The quantitative estimate of drug-likeness (QED) is 0.529. The fourth-order valence-corrected chi connectivity index (χ4v) is 1.03. The van der Waals surface area contributed by atoms with Gasteiger partial charge in [0, 0.05) is 13.0 Å². The number of nitrogens with one attached hydrogen (secondary N) is 1. The number of nitrogens with two attached hydrogens (primary N) is 1. The van der Waals surface area contributed by atoms with Crippen LogP contribution in [-0.4, -0.2) is 35.2 Å². The number of hydrogen-bond donors (Lipinski definition) is 2. The van der Waals surface area contributed by atoms with E-state index in [1.54, 1.807) is 0 Å². The SMILES string of the molecule is NC(=O)CCN1C(=O)CC(=O)NC1=O. The molecule has 14 heavy (non-hydrogen) atoms. The molecule has 1 aliphatic rings. The fraction of sp³-hybridized carbons (Fsp3) is 0.429. The van der Waals surface area contributed by atoms with Crippen molar-refractivity contribution in [3.63, 3.8) is 0 Å². The van der Waals surface area contributed by atoms with Gasteiger partial charge in [-0.3, -0.25) is 24.6 Å². The van der Waals surface area contributed by atoms with Gasteiger partial charge in [-0.25, -0.2) is 4.79 Å². The van der Waals surface area contributed by atoms with E-state index in [4.69, 9.17) is 5.73 Å². The van der Waals surface area contributed by atoms with Gasteiger partial charge >= 0.3 is 6.03 Å². The Morgan fingerprint density at radius 2 is 2.07 bits per heavy atom. The lowest BCUT2D eigenvalue weighted by Crippen LogP contribution is -2.53. The third-order valence-corrected chi connectivity index (χ3v) is 1.69. The van der Waals surface area contributed by atoms with Gasteiger partial charge in [0.25, 0.3) is 0 Å². The number of urea groups is 1. The maximum absolute atomic E-state index is 11.1. The Balaban J connectivity index is 2.59. The molecule has 0 radical (unpaired) electrons. The van der Waals surface area contributed by atoms with Gasteiger partial charge in [0.05, 0.1) is 0 Å². The minimum atomic E-state index is -0.799. The molecule has 1 aliphatic heterocycles. The van der Waals surface area contributed by atoms with Crippen molar-refractivity contribution in [1.82, 2.24) is 10.2 Å². The third kappa shape index (κ3) is 2.28. The Morgan fingerprint density at radius 1 is 1.43 bits per heavy atom. The second-order valence-electron chi connectivity index (χ2n) is 2.79. The molecule has 0 bridgehead atoms. The normalized spacial score (nSPS) is 16.9. The monoisotopic (exact) mass is 199 g/mol. The van der Waals surface area contributed by atoms with E-state index in [0.29, 0.717) is 0 Å². The maximum Gasteiger partial charge on any atom is 0.330 e. The van der Waals surface area contributed by atoms with Crippen molar-refractivity contribution in [1.29, 1.82) is 0 Å². The predicted octanol–water partition coefficient (Wildman–Crippen LogP) is -1.67. The number of primary amides is 1. The second kappa shape index (κ2) is 3.86. The van der Waals surface area contributed by atoms with E-state index in [9.17, 15) is 19.2 Å². The van der Waals surface area contributed by atoms with E-state index < -0.39 is 23.8 Å². The second-order valence-corrected chi connectivity index (χ2v) is 2.79. The zero-order valence-electron chi connectivity index (χ0n) is 7.28. The van der Waals surface area contributed by atoms with Crippen LogP contribution in [0.4, 0.5) is 4.79 Å². The molecule has 0 aliphatic carbocycles. The number of barbiturate groups is 1. The minimum absolute atomic E-state index is 0.0900. The van der Waals surface area contributed by atoms with Crippen LogP contribution in [0.15, 0.2) is 0 Å². The van der Waals surface area contributed by atoms with Crippen LogP contribution < -0.4 is 11.1 Å². The first-order chi connectivity index (χ1) is 6.50. The Kier molecular flexibility index (Phi) is 2.80. The summed E-state index contributed by atoms with van der Waals surface area (Å²) in [6, 6.07) is -0.799. The topological polar surface area (TPSA) is 110 Å². The number of carbonyl (C=O) groups excluding carboxylic acids is 4. The highest BCUT2D eigenvalue weighted by Crippen LogP contribution is 2.03. The van der Waals surface area contributed by atoms with Gasteiger partial charge in [0.1, 0.15) is 6.42 Å². The molecule has 1 heterocycles. The number of carbonyl (C=O) groups is 4. The van der Waals surface area contributed by atoms with Crippen LogP contribution in [0.1, 0.15) is 12.8 Å². The van der Waals surface area contributed by atoms with E-state index in [0.717, 1.165) is 4.90 Å². The van der Waals surface area contributed by atoms with Gasteiger partial charge in [-0.1, -0.05) is 0 Å². The summed E-state index contributed by atoms with van der Waals surface area (Å²) in [6.45, 7) is -0.0900. The fourth-order valence-electron chi connectivity index (χ4n) is 1.03. The Morgan fingerprint density at radius 3 is 2.57 bits per heavy atom. The van der Waals surface area contributed by atoms with Gasteiger partial charge in [-0.15, -0.1) is 0 Å². The largest absolute Gasteiger partial charge is 0.370 e. The summed E-state index contributed by atoms with van der Waals surface area (Å²) in [6.07, 6.45) is -0.474. The minimum Gasteiger partial charge on any atom is -0.370 e.